The molecule has 28 heavy (non-hydrogen) atoms. The summed E-state index contributed by atoms with van der Waals surface area (Å²) in [4.78, 5) is 12.3. The molecule has 0 radical (unpaired) electrons. The fourth-order valence-electron chi connectivity index (χ4n) is 3.80. The van der Waals surface area contributed by atoms with Gasteiger partial charge < -0.3 is 19.5 Å². The molecule has 0 amide bonds. The molecule has 0 spiro atoms. The van der Waals surface area contributed by atoms with Gasteiger partial charge in [-0.1, -0.05) is 0 Å². The molecular formula is C20H21FN4O3. The van der Waals surface area contributed by atoms with Crippen LogP contribution in [0.2, 0.25) is 0 Å². The van der Waals surface area contributed by atoms with Gasteiger partial charge in [0.05, 0.1) is 18.3 Å². The van der Waals surface area contributed by atoms with E-state index in [-0.39, 0.29) is 6.54 Å². The zero-order chi connectivity index (χ0) is 19.8. The Morgan fingerprint density at radius 3 is 2.89 bits per heavy atom. The fraction of sp³-hybridized carbons (Fsp3) is 0.350. The lowest BCUT2D eigenvalue weighted by Gasteiger charge is -2.20. The highest BCUT2D eigenvalue weighted by Crippen LogP contribution is 2.36. The topological polar surface area (TPSA) is 92.8 Å². The van der Waals surface area contributed by atoms with Crippen LogP contribution in [0.3, 0.4) is 0 Å². The first-order chi connectivity index (χ1) is 13.5. The van der Waals surface area contributed by atoms with Gasteiger partial charge in [-0.3, -0.25) is 4.99 Å². The van der Waals surface area contributed by atoms with Crippen LogP contribution in [0.5, 0.6) is 5.75 Å². The molecule has 2 N–H and O–H groups in total. The van der Waals surface area contributed by atoms with Crippen molar-refractivity contribution < 1.29 is 19.3 Å². The molecule has 0 unspecified atom stereocenters. The minimum atomic E-state index is -1.10. The third kappa shape index (κ3) is 3.14. The molecule has 0 bridgehead atoms. The van der Waals surface area contributed by atoms with E-state index < -0.39 is 30.2 Å². The Morgan fingerprint density at radius 2 is 2.11 bits per heavy atom. The van der Waals surface area contributed by atoms with Gasteiger partial charge in [0.25, 0.3) is 0 Å². The van der Waals surface area contributed by atoms with E-state index in [1.807, 2.05) is 23.8 Å². The molecule has 4 rings (SSSR count). The van der Waals surface area contributed by atoms with Gasteiger partial charge in [0.15, 0.2) is 0 Å². The summed E-state index contributed by atoms with van der Waals surface area (Å²) in [5, 5.41) is 22.1. The summed E-state index contributed by atoms with van der Waals surface area (Å²) in [6.07, 6.45) is 0.896. The lowest BCUT2D eigenvalue weighted by Crippen LogP contribution is -2.34. The summed E-state index contributed by atoms with van der Waals surface area (Å²) >= 11 is 0. The number of aromatic nitrogens is 3. The quantitative estimate of drug-likeness (QED) is 0.658. The van der Waals surface area contributed by atoms with Crippen molar-refractivity contribution in [2.24, 2.45) is 4.99 Å². The summed E-state index contributed by atoms with van der Waals surface area (Å²) in [5.74, 6) is 0.0194. The van der Waals surface area contributed by atoms with E-state index in [1.54, 1.807) is 0 Å². The second-order valence-corrected chi connectivity index (χ2v) is 6.99. The number of hydrogen-bond donors (Lipinski definition) is 2. The van der Waals surface area contributed by atoms with Crippen molar-refractivity contribution in [2.45, 2.75) is 44.2 Å². The maximum absolute atomic E-state index is 13.5. The standard InChI is InChI=1S/C20H21FN4O3/c1-11-14-5-6-25(20(14)24-10-23-11)15-8-17(19(27)18(15)26)28-16-4-3-13(21)7-12(16)9-22-2/h3-7,10,15,17-19,26-27H,2,8-9H2,1H3/t15-,17+,18+,19-/m0/s1. The van der Waals surface area contributed by atoms with E-state index in [9.17, 15) is 14.6 Å². The van der Waals surface area contributed by atoms with Crippen LogP contribution in [0, 0.1) is 12.7 Å². The average molecular weight is 384 g/mol. The molecule has 146 valence electrons. The maximum Gasteiger partial charge on any atom is 0.143 e. The Balaban J connectivity index is 1.62. The van der Waals surface area contributed by atoms with E-state index in [1.165, 1.54) is 24.5 Å². The number of ether oxygens (including phenoxy) is 1. The predicted molar refractivity (Wildman–Crippen MR) is 102 cm³/mol. The lowest BCUT2D eigenvalue weighted by atomic mass is 10.2. The second kappa shape index (κ2) is 7.29. The third-order valence-electron chi connectivity index (χ3n) is 5.25. The van der Waals surface area contributed by atoms with E-state index in [0.29, 0.717) is 23.4 Å². The Bertz CT molecular complexity index is 1020. The Morgan fingerprint density at radius 1 is 1.29 bits per heavy atom. The summed E-state index contributed by atoms with van der Waals surface area (Å²) in [6, 6.07) is 5.61. The molecule has 3 aromatic rings. The van der Waals surface area contributed by atoms with Crippen molar-refractivity contribution in [3.05, 3.63) is 53.9 Å². The number of rotatable bonds is 5. The maximum atomic E-state index is 13.5. The van der Waals surface area contributed by atoms with Crippen LogP contribution in [0.1, 0.15) is 23.7 Å². The van der Waals surface area contributed by atoms with Gasteiger partial charge in [-0.25, -0.2) is 14.4 Å². The third-order valence-corrected chi connectivity index (χ3v) is 5.25. The fourth-order valence-corrected chi connectivity index (χ4v) is 3.80. The number of halogens is 1. The normalized spacial score (nSPS) is 24.6. The average Bonchev–Trinajstić information content (AvgIpc) is 3.21. The van der Waals surface area contributed by atoms with Gasteiger partial charge in [0.1, 0.15) is 41.9 Å². The highest BCUT2D eigenvalue weighted by molar-refractivity contribution is 5.78. The summed E-state index contributed by atoms with van der Waals surface area (Å²) in [6.45, 7) is 5.52. The molecule has 1 aromatic carbocycles. The molecule has 2 aromatic heterocycles. The van der Waals surface area contributed by atoms with Crippen LogP contribution < -0.4 is 4.74 Å². The molecule has 1 aliphatic rings. The van der Waals surface area contributed by atoms with Crippen molar-refractivity contribution in [1.29, 1.82) is 0 Å². The van der Waals surface area contributed by atoms with Gasteiger partial charge in [0.2, 0.25) is 0 Å². The molecule has 7 nitrogen and oxygen atoms in total. The SMILES string of the molecule is C=NCc1cc(F)ccc1O[C@@H]1C[C@H](n2ccc3c(C)ncnc32)[C@@H](O)[C@H]1O. The van der Waals surface area contributed by atoms with Crippen molar-refractivity contribution in [1.82, 2.24) is 14.5 Å². The number of aliphatic hydroxyl groups excluding tert-OH is 2. The number of benzene rings is 1. The van der Waals surface area contributed by atoms with Crippen LogP contribution in [-0.2, 0) is 6.54 Å². The Hall–Kier alpha value is -2.84. The molecular weight excluding hydrogens is 363 g/mol. The highest BCUT2D eigenvalue weighted by Gasteiger charge is 2.44. The number of aliphatic imine (C=N–C) groups is 1. The number of nitrogens with zero attached hydrogens (tertiary/aromatic N) is 4. The highest BCUT2D eigenvalue weighted by atomic mass is 19.1. The first-order valence-corrected chi connectivity index (χ1v) is 9.01. The van der Waals surface area contributed by atoms with E-state index in [2.05, 4.69) is 21.7 Å². The molecule has 1 saturated carbocycles. The molecule has 1 aliphatic carbocycles. The molecule has 2 heterocycles. The zero-order valence-corrected chi connectivity index (χ0v) is 15.4. The zero-order valence-electron chi connectivity index (χ0n) is 15.4. The van der Waals surface area contributed by atoms with E-state index in [0.717, 1.165) is 11.1 Å². The van der Waals surface area contributed by atoms with E-state index >= 15 is 0 Å². The molecule has 0 aliphatic heterocycles. The van der Waals surface area contributed by atoms with Gasteiger partial charge in [0, 0.05) is 23.6 Å². The smallest absolute Gasteiger partial charge is 0.143 e. The predicted octanol–water partition coefficient (Wildman–Crippen LogP) is 2.19. The van der Waals surface area contributed by atoms with Crippen molar-refractivity contribution in [3.8, 4) is 5.75 Å². The number of fused-ring (bicyclic) bond motifs is 1. The van der Waals surface area contributed by atoms with Crippen LogP contribution in [0.4, 0.5) is 4.39 Å². The number of aryl methyl sites for hydroxylation is 1. The first-order valence-electron chi connectivity index (χ1n) is 9.01. The van der Waals surface area contributed by atoms with Crippen molar-refractivity contribution >= 4 is 17.8 Å². The van der Waals surface area contributed by atoms with Crippen LogP contribution in [0.15, 0.2) is 41.8 Å². The van der Waals surface area contributed by atoms with E-state index in [4.69, 9.17) is 4.74 Å². The van der Waals surface area contributed by atoms with Gasteiger partial charge in [-0.2, -0.15) is 0 Å². The van der Waals surface area contributed by atoms with Crippen LogP contribution >= 0.6 is 0 Å². The Labute approximate surface area is 161 Å². The second-order valence-electron chi connectivity index (χ2n) is 6.99. The van der Waals surface area contributed by atoms with Crippen molar-refractivity contribution in [3.63, 3.8) is 0 Å². The summed E-state index contributed by atoms with van der Waals surface area (Å²) in [5.41, 5.74) is 2.08. The van der Waals surface area contributed by atoms with Gasteiger partial charge >= 0.3 is 0 Å². The Kier molecular flexibility index (Phi) is 4.82. The monoisotopic (exact) mass is 384 g/mol. The van der Waals surface area contributed by atoms with Crippen LogP contribution in [-0.4, -0.2) is 49.8 Å². The lowest BCUT2D eigenvalue weighted by molar-refractivity contribution is -0.0166. The van der Waals surface area contributed by atoms with Crippen LogP contribution in [0.25, 0.3) is 11.0 Å². The minimum absolute atomic E-state index is 0.195. The number of aliphatic hydroxyl groups is 2. The van der Waals surface area contributed by atoms with Gasteiger partial charge in [-0.15, -0.1) is 0 Å². The summed E-state index contributed by atoms with van der Waals surface area (Å²) < 4.78 is 21.3. The molecule has 0 saturated heterocycles. The molecule has 4 atom stereocenters. The number of hydrogen-bond acceptors (Lipinski definition) is 6. The summed E-state index contributed by atoms with van der Waals surface area (Å²) in [7, 11) is 0. The molecule has 1 fully saturated rings. The van der Waals surface area contributed by atoms with Crippen molar-refractivity contribution in [2.75, 3.05) is 0 Å². The molecule has 8 heteroatoms. The minimum Gasteiger partial charge on any atom is -0.487 e. The van der Waals surface area contributed by atoms with Gasteiger partial charge in [-0.05, 0) is 37.9 Å². The first kappa shape index (κ1) is 18.5. The largest absolute Gasteiger partial charge is 0.487 e.